The molecule has 0 radical (unpaired) electrons. The summed E-state index contributed by atoms with van der Waals surface area (Å²) in [6.45, 7) is 2.96. The van der Waals surface area contributed by atoms with Crippen molar-refractivity contribution in [2.24, 2.45) is 0 Å². The molecule has 1 aliphatic rings. The third-order valence-corrected chi connectivity index (χ3v) is 7.54. The zero-order valence-electron chi connectivity index (χ0n) is 17.3. The summed E-state index contributed by atoms with van der Waals surface area (Å²) in [5.74, 6) is -0.921. The van der Waals surface area contributed by atoms with E-state index in [0.717, 1.165) is 24.8 Å². The van der Waals surface area contributed by atoms with E-state index in [0.29, 0.717) is 24.2 Å². The van der Waals surface area contributed by atoms with Crippen molar-refractivity contribution in [3.63, 3.8) is 0 Å². The first-order valence-corrected chi connectivity index (χ1v) is 11.8. The second-order valence-corrected chi connectivity index (χ2v) is 9.65. The van der Waals surface area contributed by atoms with Crippen LogP contribution >= 0.6 is 0 Å². The van der Waals surface area contributed by atoms with Crippen LogP contribution in [-0.4, -0.2) is 36.3 Å². The Labute approximate surface area is 180 Å². The molecule has 0 aliphatic carbocycles. The molecule has 1 atom stereocenters. The number of hydrogen-bond donors (Lipinski definition) is 1. The minimum absolute atomic E-state index is 0.220. The first-order valence-electron chi connectivity index (χ1n) is 10.3. The van der Waals surface area contributed by atoms with E-state index in [2.05, 4.69) is 5.32 Å². The van der Waals surface area contributed by atoms with Crippen molar-refractivity contribution in [3.8, 4) is 0 Å². The molecule has 3 aromatic rings. The minimum Gasteiger partial charge on any atom is -0.408 e. The summed E-state index contributed by atoms with van der Waals surface area (Å²) < 4.78 is 33.5. The van der Waals surface area contributed by atoms with E-state index in [4.69, 9.17) is 4.42 Å². The normalized spacial score (nSPS) is 16.3. The number of fused-ring (bicyclic) bond motifs is 1. The number of nitrogens with one attached hydrogen (secondary N) is 1. The summed E-state index contributed by atoms with van der Waals surface area (Å²) in [5, 5.41) is 2.80. The van der Waals surface area contributed by atoms with Crippen LogP contribution in [0.25, 0.3) is 11.1 Å². The monoisotopic (exact) mass is 443 g/mol. The van der Waals surface area contributed by atoms with Gasteiger partial charge in [-0.25, -0.2) is 13.2 Å². The van der Waals surface area contributed by atoms with E-state index in [-0.39, 0.29) is 17.3 Å². The summed E-state index contributed by atoms with van der Waals surface area (Å²) >= 11 is 0. The molecule has 1 aromatic heterocycles. The Hall–Kier alpha value is -2.91. The van der Waals surface area contributed by atoms with Crippen LogP contribution in [0.4, 0.5) is 0 Å². The van der Waals surface area contributed by atoms with E-state index in [1.807, 2.05) is 0 Å². The fraction of sp³-hybridized carbons (Fsp3) is 0.364. The molecule has 4 rings (SSSR count). The topological polar surface area (TPSA) is 102 Å². The summed E-state index contributed by atoms with van der Waals surface area (Å²) in [4.78, 5) is 25.1. The molecule has 1 amide bonds. The number of benzene rings is 2. The standard InChI is InChI=1S/C22H25N3O5S/c1-16(25-19-7-3-4-8-20(19)30-22(25)27)21(26)23-15-17-9-11-18(12-10-17)31(28,29)24-13-5-2-6-14-24/h3-4,7-12,16H,2,5-6,13-15H2,1H3,(H,23,26)/t16-/m0/s1. The van der Waals surface area contributed by atoms with Crippen LogP contribution in [0.5, 0.6) is 0 Å². The fourth-order valence-corrected chi connectivity index (χ4v) is 5.36. The smallest absolute Gasteiger partial charge is 0.408 e. The maximum absolute atomic E-state index is 12.7. The van der Waals surface area contributed by atoms with Crippen LogP contribution in [0.1, 0.15) is 37.8 Å². The molecule has 9 heteroatoms. The molecule has 0 saturated carbocycles. The van der Waals surface area contributed by atoms with Gasteiger partial charge in [0.2, 0.25) is 15.9 Å². The molecule has 0 unspecified atom stereocenters. The van der Waals surface area contributed by atoms with Crippen molar-refractivity contribution in [2.45, 2.75) is 43.7 Å². The Kier molecular flexibility index (Phi) is 5.97. The summed E-state index contributed by atoms with van der Waals surface area (Å²) in [5.41, 5.74) is 1.75. The van der Waals surface area contributed by atoms with Gasteiger partial charge in [-0.3, -0.25) is 9.36 Å². The molecule has 31 heavy (non-hydrogen) atoms. The average molecular weight is 444 g/mol. The number of aromatic nitrogens is 1. The van der Waals surface area contributed by atoms with Gasteiger partial charge in [0, 0.05) is 19.6 Å². The van der Waals surface area contributed by atoms with Gasteiger partial charge in [0.15, 0.2) is 5.58 Å². The van der Waals surface area contributed by atoms with Crippen molar-refractivity contribution in [3.05, 3.63) is 64.6 Å². The van der Waals surface area contributed by atoms with Crippen LogP contribution in [0.15, 0.2) is 62.6 Å². The van der Waals surface area contributed by atoms with Gasteiger partial charge < -0.3 is 9.73 Å². The van der Waals surface area contributed by atoms with Crippen LogP contribution < -0.4 is 11.1 Å². The zero-order valence-corrected chi connectivity index (χ0v) is 18.1. The van der Waals surface area contributed by atoms with Crippen LogP contribution in [0, 0.1) is 0 Å². The molecule has 2 aromatic carbocycles. The highest BCUT2D eigenvalue weighted by Gasteiger charge is 2.26. The first kappa shape index (κ1) is 21.3. The number of nitrogens with zero attached hydrogens (tertiary/aromatic N) is 2. The summed E-state index contributed by atoms with van der Waals surface area (Å²) in [6, 6.07) is 12.7. The molecule has 1 N–H and O–H groups in total. The van der Waals surface area contributed by atoms with Crippen molar-refractivity contribution in [1.82, 2.24) is 14.2 Å². The van der Waals surface area contributed by atoms with Gasteiger partial charge in [-0.1, -0.05) is 30.7 Å². The van der Waals surface area contributed by atoms with Gasteiger partial charge in [0.05, 0.1) is 10.4 Å². The molecule has 1 saturated heterocycles. The molecule has 2 heterocycles. The molecule has 164 valence electrons. The van der Waals surface area contributed by atoms with Gasteiger partial charge >= 0.3 is 5.76 Å². The number of rotatable bonds is 6. The second-order valence-electron chi connectivity index (χ2n) is 7.71. The Bertz CT molecular complexity index is 1240. The van der Waals surface area contributed by atoms with Crippen molar-refractivity contribution in [2.75, 3.05) is 13.1 Å². The Morgan fingerprint density at radius 1 is 1.06 bits per heavy atom. The molecule has 0 spiro atoms. The highest BCUT2D eigenvalue weighted by molar-refractivity contribution is 7.89. The van der Waals surface area contributed by atoms with Crippen LogP contribution in [-0.2, 0) is 21.4 Å². The quantitative estimate of drug-likeness (QED) is 0.631. The molecule has 8 nitrogen and oxygen atoms in total. The van der Waals surface area contributed by atoms with E-state index >= 15 is 0 Å². The lowest BCUT2D eigenvalue weighted by Gasteiger charge is -2.25. The predicted molar refractivity (Wildman–Crippen MR) is 116 cm³/mol. The third kappa shape index (κ3) is 4.28. The van der Waals surface area contributed by atoms with E-state index in [9.17, 15) is 18.0 Å². The SMILES string of the molecule is C[C@@H](C(=O)NCc1ccc(S(=O)(=O)N2CCCCC2)cc1)n1c(=O)oc2ccccc21. The molecule has 0 bridgehead atoms. The van der Waals surface area contributed by atoms with E-state index in [1.54, 1.807) is 55.5 Å². The van der Waals surface area contributed by atoms with Crippen molar-refractivity contribution >= 4 is 27.0 Å². The number of piperidine rings is 1. The predicted octanol–water partition coefficient (Wildman–Crippen LogP) is 2.65. The highest BCUT2D eigenvalue weighted by Crippen LogP contribution is 2.21. The average Bonchev–Trinajstić information content (AvgIpc) is 3.13. The van der Waals surface area contributed by atoms with Crippen molar-refractivity contribution in [1.29, 1.82) is 0 Å². The Morgan fingerprint density at radius 2 is 1.74 bits per heavy atom. The van der Waals surface area contributed by atoms with Gasteiger partial charge in [0.25, 0.3) is 0 Å². The summed E-state index contributed by atoms with van der Waals surface area (Å²) in [6.07, 6.45) is 2.83. The number of para-hydroxylation sites is 2. The Morgan fingerprint density at radius 3 is 2.45 bits per heavy atom. The van der Waals surface area contributed by atoms with Crippen LogP contribution in [0.2, 0.25) is 0 Å². The number of carbonyl (C=O) groups excluding carboxylic acids is 1. The maximum atomic E-state index is 12.7. The minimum atomic E-state index is -3.48. The Balaban J connectivity index is 1.42. The number of hydrogen-bond acceptors (Lipinski definition) is 5. The highest BCUT2D eigenvalue weighted by atomic mass is 32.2. The van der Waals surface area contributed by atoms with Gasteiger partial charge in [-0.2, -0.15) is 4.31 Å². The lowest BCUT2D eigenvalue weighted by molar-refractivity contribution is -0.124. The van der Waals surface area contributed by atoms with E-state index in [1.165, 1.54) is 8.87 Å². The lowest BCUT2D eigenvalue weighted by atomic mass is 10.2. The zero-order chi connectivity index (χ0) is 22.0. The molecule has 1 aliphatic heterocycles. The molecule has 1 fully saturated rings. The number of carbonyl (C=O) groups is 1. The first-order chi connectivity index (χ1) is 14.9. The summed E-state index contributed by atoms with van der Waals surface area (Å²) in [7, 11) is -3.48. The van der Waals surface area contributed by atoms with Crippen LogP contribution in [0.3, 0.4) is 0 Å². The van der Waals surface area contributed by atoms with Gasteiger partial charge in [0.1, 0.15) is 6.04 Å². The fourth-order valence-electron chi connectivity index (χ4n) is 3.84. The number of amides is 1. The van der Waals surface area contributed by atoms with Crippen molar-refractivity contribution < 1.29 is 17.6 Å². The maximum Gasteiger partial charge on any atom is 0.420 e. The molecular weight excluding hydrogens is 418 g/mol. The van der Waals surface area contributed by atoms with Gasteiger partial charge in [-0.05, 0) is 49.6 Å². The largest absolute Gasteiger partial charge is 0.420 e. The van der Waals surface area contributed by atoms with Gasteiger partial charge in [-0.15, -0.1) is 0 Å². The number of sulfonamides is 1. The lowest BCUT2D eigenvalue weighted by Crippen LogP contribution is -2.35. The van der Waals surface area contributed by atoms with E-state index < -0.39 is 21.8 Å². The second kappa shape index (κ2) is 8.68. The third-order valence-electron chi connectivity index (χ3n) is 5.63. The molecular formula is C22H25N3O5S. The number of oxazole rings is 1.